The molecule has 10 heteroatoms. The van der Waals surface area contributed by atoms with Crippen molar-refractivity contribution in [3.63, 3.8) is 0 Å². The summed E-state index contributed by atoms with van der Waals surface area (Å²) < 4.78 is 13.5. The van der Waals surface area contributed by atoms with Gasteiger partial charge in [0.1, 0.15) is 11.5 Å². The average Bonchev–Trinajstić information content (AvgIpc) is 2.49. The van der Waals surface area contributed by atoms with Crippen LogP contribution in [0.4, 0.5) is 21.6 Å². The van der Waals surface area contributed by atoms with Gasteiger partial charge < -0.3 is 10.7 Å². The van der Waals surface area contributed by atoms with Gasteiger partial charge in [-0.2, -0.15) is 0 Å². The summed E-state index contributed by atoms with van der Waals surface area (Å²) in [5, 5.41) is 12.8. The van der Waals surface area contributed by atoms with E-state index in [-0.39, 0.29) is 22.9 Å². The molecule has 0 unspecified atom stereocenters. The van der Waals surface area contributed by atoms with Gasteiger partial charge in [0.2, 0.25) is 0 Å². The average molecular weight is 292 g/mol. The number of nitrogens with one attached hydrogen (secondary N) is 2. The summed E-state index contributed by atoms with van der Waals surface area (Å²) in [6.07, 6.45) is 2.43. The number of halogens is 1. The lowest BCUT2D eigenvalue weighted by atomic mass is 10.2. The normalized spacial score (nSPS) is 10.0. The quantitative estimate of drug-likeness (QED) is 0.435. The summed E-state index contributed by atoms with van der Waals surface area (Å²) in [5.41, 5.74) is 1.39. The first-order chi connectivity index (χ1) is 10.0. The first-order valence-corrected chi connectivity index (χ1v) is 5.55. The van der Waals surface area contributed by atoms with E-state index in [0.717, 1.165) is 24.4 Å². The molecular weight excluding hydrogens is 283 g/mol. The highest BCUT2D eigenvalue weighted by Crippen LogP contribution is 2.21. The van der Waals surface area contributed by atoms with Crippen molar-refractivity contribution in [2.24, 2.45) is 5.84 Å². The van der Waals surface area contributed by atoms with Gasteiger partial charge in [-0.15, -0.1) is 0 Å². The number of hydrogen-bond donors (Lipinski definition) is 3. The van der Waals surface area contributed by atoms with Crippen molar-refractivity contribution < 1.29 is 14.1 Å². The van der Waals surface area contributed by atoms with Gasteiger partial charge in [0.25, 0.3) is 11.6 Å². The summed E-state index contributed by atoms with van der Waals surface area (Å²) in [5.74, 6) is 3.68. The van der Waals surface area contributed by atoms with E-state index in [2.05, 4.69) is 20.7 Å². The molecule has 0 saturated carbocycles. The highest BCUT2D eigenvalue weighted by atomic mass is 19.1. The van der Waals surface area contributed by atoms with Crippen LogP contribution in [0.5, 0.6) is 0 Å². The summed E-state index contributed by atoms with van der Waals surface area (Å²) in [7, 11) is 0. The third kappa shape index (κ3) is 3.25. The number of nitrogen functional groups attached to an aromatic ring is 1. The van der Waals surface area contributed by atoms with Crippen molar-refractivity contribution in [2.45, 2.75) is 0 Å². The molecule has 0 aliphatic rings. The van der Waals surface area contributed by atoms with Crippen molar-refractivity contribution in [2.75, 3.05) is 10.7 Å². The molecule has 1 aromatic carbocycles. The van der Waals surface area contributed by atoms with Crippen molar-refractivity contribution in [1.82, 2.24) is 9.97 Å². The molecule has 0 aliphatic carbocycles. The van der Waals surface area contributed by atoms with E-state index in [9.17, 15) is 19.3 Å². The fourth-order valence-electron chi connectivity index (χ4n) is 1.45. The van der Waals surface area contributed by atoms with Crippen LogP contribution in [0.15, 0.2) is 30.6 Å². The first kappa shape index (κ1) is 14.3. The van der Waals surface area contributed by atoms with Gasteiger partial charge in [0, 0.05) is 12.1 Å². The summed E-state index contributed by atoms with van der Waals surface area (Å²) in [6, 6.07) is 2.78. The van der Waals surface area contributed by atoms with E-state index >= 15 is 0 Å². The standard InChI is InChI=1S/C11H9FN6O3/c12-7-2-1-6(18(20)21)3-8(7)16-11(19)9-4-14-5-10(15-9)17-13/h1-5H,13H2,(H,15,17)(H,16,19). The van der Waals surface area contributed by atoms with Crippen LogP contribution in [-0.2, 0) is 0 Å². The van der Waals surface area contributed by atoms with Gasteiger partial charge in [-0.05, 0) is 6.07 Å². The highest BCUT2D eigenvalue weighted by molar-refractivity contribution is 6.03. The fourth-order valence-corrected chi connectivity index (χ4v) is 1.45. The molecule has 0 spiro atoms. The number of nitrogens with two attached hydrogens (primary N) is 1. The number of anilines is 2. The number of rotatable bonds is 4. The van der Waals surface area contributed by atoms with E-state index in [1.807, 2.05) is 0 Å². The van der Waals surface area contributed by atoms with Crippen LogP contribution in [0.25, 0.3) is 0 Å². The lowest BCUT2D eigenvalue weighted by molar-refractivity contribution is -0.384. The molecule has 1 aromatic heterocycles. The highest BCUT2D eigenvalue weighted by Gasteiger charge is 2.15. The van der Waals surface area contributed by atoms with Crippen LogP contribution in [0.3, 0.4) is 0 Å². The molecule has 1 amide bonds. The first-order valence-electron chi connectivity index (χ1n) is 5.55. The number of hydrazine groups is 1. The molecule has 4 N–H and O–H groups in total. The van der Waals surface area contributed by atoms with Gasteiger partial charge in [-0.3, -0.25) is 19.9 Å². The van der Waals surface area contributed by atoms with E-state index in [0.29, 0.717) is 0 Å². The fraction of sp³-hybridized carbons (Fsp3) is 0. The van der Waals surface area contributed by atoms with E-state index in [4.69, 9.17) is 5.84 Å². The molecule has 0 bridgehead atoms. The predicted octanol–water partition coefficient (Wildman–Crippen LogP) is 1.06. The van der Waals surface area contributed by atoms with E-state index in [1.54, 1.807) is 0 Å². The lowest BCUT2D eigenvalue weighted by Crippen LogP contribution is -2.17. The number of hydrogen-bond acceptors (Lipinski definition) is 7. The zero-order chi connectivity index (χ0) is 15.4. The van der Waals surface area contributed by atoms with Gasteiger partial charge in [-0.25, -0.2) is 15.2 Å². The lowest BCUT2D eigenvalue weighted by Gasteiger charge is -2.06. The van der Waals surface area contributed by atoms with E-state index < -0.39 is 16.6 Å². The second-order valence-corrected chi connectivity index (χ2v) is 3.81. The Bertz CT molecular complexity index is 708. The molecule has 9 nitrogen and oxygen atoms in total. The Kier molecular flexibility index (Phi) is 4.00. The topological polar surface area (TPSA) is 136 Å². The van der Waals surface area contributed by atoms with Crippen molar-refractivity contribution in [1.29, 1.82) is 0 Å². The molecule has 21 heavy (non-hydrogen) atoms. The minimum atomic E-state index is -0.810. The van der Waals surface area contributed by atoms with Crippen molar-refractivity contribution in [3.8, 4) is 0 Å². The van der Waals surface area contributed by atoms with Gasteiger partial charge >= 0.3 is 0 Å². The van der Waals surface area contributed by atoms with E-state index in [1.165, 1.54) is 6.20 Å². The molecule has 0 saturated heterocycles. The monoisotopic (exact) mass is 292 g/mol. The van der Waals surface area contributed by atoms with Gasteiger partial charge in [-0.1, -0.05) is 0 Å². The maximum Gasteiger partial charge on any atom is 0.276 e. The molecule has 0 atom stereocenters. The number of carbonyl (C=O) groups is 1. The molecule has 108 valence electrons. The number of benzene rings is 1. The van der Waals surface area contributed by atoms with Crippen molar-refractivity contribution in [3.05, 3.63) is 52.2 Å². The number of nitrogens with zero attached hydrogens (tertiary/aromatic N) is 3. The third-order valence-electron chi connectivity index (χ3n) is 2.42. The maximum atomic E-state index is 13.5. The molecule has 1 heterocycles. The van der Waals surface area contributed by atoms with Crippen LogP contribution >= 0.6 is 0 Å². The number of aromatic nitrogens is 2. The van der Waals surface area contributed by atoms with Crippen LogP contribution in [0.2, 0.25) is 0 Å². The third-order valence-corrected chi connectivity index (χ3v) is 2.42. The summed E-state index contributed by atoms with van der Waals surface area (Å²) in [4.78, 5) is 29.4. The van der Waals surface area contributed by atoms with Crippen LogP contribution < -0.4 is 16.6 Å². The molecular formula is C11H9FN6O3. The Morgan fingerprint density at radius 1 is 1.38 bits per heavy atom. The number of nitro benzene ring substituents is 1. The Labute approximate surface area is 117 Å². The Morgan fingerprint density at radius 3 is 2.81 bits per heavy atom. The van der Waals surface area contributed by atoms with Crippen LogP contribution in [0.1, 0.15) is 10.5 Å². The number of non-ortho nitro benzene ring substituents is 1. The molecule has 2 rings (SSSR count). The summed E-state index contributed by atoms with van der Waals surface area (Å²) in [6.45, 7) is 0. The second-order valence-electron chi connectivity index (χ2n) is 3.81. The SMILES string of the molecule is NNc1cncc(C(=O)Nc2cc([N+](=O)[O-])ccc2F)n1. The molecule has 2 aromatic rings. The molecule has 0 aliphatic heterocycles. The number of amides is 1. The minimum absolute atomic E-state index is 0.128. The Balaban J connectivity index is 2.26. The van der Waals surface area contributed by atoms with Crippen molar-refractivity contribution >= 4 is 23.1 Å². The molecule has 0 radical (unpaired) electrons. The minimum Gasteiger partial charge on any atom is -0.318 e. The van der Waals surface area contributed by atoms with Gasteiger partial charge in [0.15, 0.2) is 5.82 Å². The largest absolute Gasteiger partial charge is 0.318 e. The zero-order valence-electron chi connectivity index (χ0n) is 10.4. The Morgan fingerprint density at radius 2 is 2.14 bits per heavy atom. The smallest absolute Gasteiger partial charge is 0.276 e. The van der Waals surface area contributed by atoms with Gasteiger partial charge in [0.05, 0.1) is 23.0 Å². The second kappa shape index (κ2) is 5.88. The number of carbonyl (C=O) groups excluding carboxylic acids is 1. The van der Waals surface area contributed by atoms with Crippen LogP contribution in [-0.4, -0.2) is 20.8 Å². The Hall–Kier alpha value is -3.14. The summed E-state index contributed by atoms with van der Waals surface area (Å²) >= 11 is 0. The molecule has 0 fully saturated rings. The maximum absolute atomic E-state index is 13.5. The number of nitro groups is 1. The predicted molar refractivity (Wildman–Crippen MR) is 70.8 cm³/mol. The zero-order valence-corrected chi connectivity index (χ0v) is 10.4. The van der Waals surface area contributed by atoms with Crippen LogP contribution in [0, 0.1) is 15.9 Å².